The number of rotatable bonds is 4. The average Bonchev–Trinajstić information content (AvgIpc) is 2.29. The summed E-state index contributed by atoms with van der Waals surface area (Å²) in [6, 6.07) is 4.13. The maximum Gasteiger partial charge on any atom is 0.0847 e. The van der Waals surface area contributed by atoms with Gasteiger partial charge in [0.1, 0.15) is 0 Å². The minimum Gasteiger partial charge on any atom is -1.00 e. The molecule has 0 saturated carbocycles. The van der Waals surface area contributed by atoms with E-state index < -0.39 is 0 Å². The molecule has 1 heterocycles. The molecule has 0 amide bonds. The van der Waals surface area contributed by atoms with Crippen molar-refractivity contribution >= 4 is 11.4 Å². The predicted molar refractivity (Wildman–Crippen MR) is 74.5 cm³/mol. The van der Waals surface area contributed by atoms with Crippen LogP contribution >= 0.6 is 0 Å². The van der Waals surface area contributed by atoms with Gasteiger partial charge in [0.25, 0.3) is 0 Å². The van der Waals surface area contributed by atoms with Gasteiger partial charge in [-0.25, -0.2) is 4.98 Å². The van der Waals surface area contributed by atoms with E-state index in [4.69, 9.17) is 0 Å². The van der Waals surface area contributed by atoms with Crippen LogP contribution in [0.5, 0.6) is 0 Å². The third-order valence-electron chi connectivity index (χ3n) is 2.50. The van der Waals surface area contributed by atoms with E-state index in [0.717, 1.165) is 35.9 Å². The van der Waals surface area contributed by atoms with Gasteiger partial charge in [0.05, 0.1) is 22.8 Å². The summed E-state index contributed by atoms with van der Waals surface area (Å²) in [7, 11) is 0. The van der Waals surface area contributed by atoms with Crippen LogP contribution < -0.4 is 37.2 Å². The molecule has 0 fully saturated rings. The number of aryl methyl sites for hydroxylation is 1. The Kier molecular flexibility index (Phi) is 20.5. The van der Waals surface area contributed by atoms with Crippen LogP contribution in [0.2, 0.25) is 0 Å². The monoisotopic (exact) mass is 387 g/mol. The Morgan fingerprint density at radius 1 is 0.905 bits per heavy atom. The first-order chi connectivity index (χ1) is 8.08. The summed E-state index contributed by atoms with van der Waals surface area (Å²) in [5.41, 5.74) is 5.07. The van der Waals surface area contributed by atoms with Gasteiger partial charge in [-0.05, 0) is 52.3 Å². The van der Waals surface area contributed by atoms with Crippen LogP contribution in [0.25, 0.3) is 0 Å². The van der Waals surface area contributed by atoms with Gasteiger partial charge >= 0.3 is 0 Å². The number of hydrogen-bond donors (Lipinski definition) is 0. The molecule has 0 aliphatic heterocycles. The summed E-state index contributed by atoms with van der Waals surface area (Å²) in [5, 5.41) is 0. The maximum absolute atomic E-state index is 4.61. The molecule has 0 aromatic carbocycles. The molecule has 0 aliphatic carbocycles. The van der Waals surface area contributed by atoms with Crippen molar-refractivity contribution in [3.05, 3.63) is 29.1 Å². The molecule has 1 radical (unpaired) electrons. The van der Waals surface area contributed by atoms with Crippen molar-refractivity contribution in [2.75, 3.05) is 13.1 Å². The summed E-state index contributed by atoms with van der Waals surface area (Å²) >= 11 is 0. The Morgan fingerprint density at radius 3 is 1.52 bits per heavy atom. The first kappa shape index (κ1) is 29.0. The zero-order valence-electron chi connectivity index (χ0n) is 13.0. The second-order valence-corrected chi connectivity index (χ2v) is 4.03. The molecule has 21 heavy (non-hydrogen) atoms. The standard InChI is InChI=1S/C14H21N3.3ClH.V/c1-6-15-11(4)13-8-10(3)9-14(17-13)12(5)16-7-2;;;;/h8-9H,6-7H2,1-5H3;3*1H;/p-3. The van der Waals surface area contributed by atoms with Gasteiger partial charge in [-0.15, -0.1) is 0 Å². The van der Waals surface area contributed by atoms with Crippen molar-refractivity contribution in [2.24, 2.45) is 9.98 Å². The first-order valence-electron chi connectivity index (χ1n) is 6.10. The van der Waals surface area contributed by atoms with Gasteiger partial charge in [0, 0.05) is 31.6 Å². The van der Waals surface area contributed by atoms with Crippen LogP contribution in [-0.4, -0.2) is 29.5 Å². The van der Waals surface area contributed by atoms with Crippen molar-refractivity contribution in [2.45, 2.75) is 34.6 Å². The number of halogens is 3. The van der Waals surface area contributed by atoms with Crippen molar-refractivity contribution in [1.82, 2.24) is 4.98 Å². The quantitative estimate of drug-likeness (QED) is 0.474. The van der Waals surface area contributed by atoms with E-state index in [1.165, 1.54) is 5.56 Å². The summed E-state index contributed by atoms with van der Waals surface area (Å²) in [6.45, 7) is 11.7. The average molecular weight is 389 g/mol. The summed E-state index contributed by atoms with van der Waals surface area (Å²) in [6.07, 6.45) is 0. The van der Waals surface area contributed by atoms with E-state index in [0.29, 0.717) is 0 Å². The second kappa shape index (κ2) is 14.9. The van der Waals surface area contributed by atoms with E-state index >= 15 is 0 Å². The molecule has 1 aromatic heterocycles. The SMILES string of the molecule is CCN=C(C)c1cc(C)cc(C(C)=NCC)n1.[Cl-].[Cl-].[Cl-].[V]. The number of pyridine rings is 1. The molecule has 1 rings (SSSR count). The van der Waals surface area contributed by atoms with Crippen molar-refractivity contribution < 1.29 is 55.8 Å². The Hall–Kier alpha value is -0.0556. The second-order valence-electron chi connectivity index (χ2n) is 4.03. The maximum atomic E-state index is 4.61. The molecule has 3 nitrogen and oxygen atoms in total. The Bertz CT molecular complexity index is 425. The van der Waals surface area contributed by atoms with Crippen LogP contribution in [0.1, 0.15) is 44.6 Å². The normalized spacial score (nSPS) is 10.5. The van der Waals surface area contributed by atoms with E-state index in [1.807, 2.05) is 27.7 Å². The van der Waals surface area contributed by atoms with E-state index in [9.17, 15) is 0 Å². The van der Waals surface area contributed by atoms with Gasteiger partial charge in [-0.1, -0.05) is 0 Å². The molecule has 0 unspecified atom stereocenters. The fraction of sp³-hybridized carbons (Fsp3) is 0.500. The van der Waals surface area contributed by atoms with Crippen molar-refractivity contribution in [1.29, 1.82) is 0 Å². The molecule has 7 heteroatoms. The molecular weight excluding hydrogens is 367 g/mol. The van der Waals surface area contributed by atoms with Gasteiger partial charge in [-0.2, -0.15) is 0 Å². The van der Waals surface area contributed by atoms with Crippen LogP contribution in [0.3, 0.4) is 0 Å². The van der Waals surface area contributed by atoms with Gasteiger partial charge < -0.3 is 37.2 Å². The molecule has 1 aromatic rings. The number of aliphatic imine (C=N–C) groups is 2. The summed E-state index contributed by atoms with van der Waals surface area (Å²) in [5.74, 6) is 0. The molecule has 0 aliphatic rings. The van der Waals surface area contributed by atoms with E-state index in [1.54, 1.807) is 0 Å². The fourth-order valence-electron chi connectivity index (χ4n) is 1.67. The molecule has 0 N–H and O–H groups in total. The number of nitrogens with zero attached hydrogens (tertiary/aromatic N) is 3. The molecular formula is C14H21Cl3N3V-3. The molecule has 121 valence electrons. The largest absolute Gasteiger partial charge is 1.00 e. The van der Waals surface area contributed by atoms with Crippen LogP contribution in [0, 0.1) is 6.92 Å². The Labute approximate surface area is 158 Å². The van der Waals surface area contributed by atoms with Crippen LogP contribution in [0.15, 0.2) is 22.1 Å². The van der Waals surface area contributed by atoms with Gasteiger partial charge in [0.2, 0.25) is 0 Å². The van der Waals surface area contributed by atoms with Crippen LogP contribution in [0.4, 0.5) is 0 Å². The third kappa shape index (κ3) is 9.54. The smallest absolute Gasteiger partial charge is 0.0847 e. The minimum atomic E-state index is 0. The van der Waals surface area contributed by atoms with Crippen LogP contribution in [-0.2, 0) is 18.6 Å². The van der Waals surface area contributed by atoms with Gasteiger partial charge in [-0.3, -0.25) is 9.98 Å². The summed E-state index contributed by atoms with van der Waals surface area (Å²) < 4.78 is 0. The van der Waals surface area contributed by atoms with Gasteiger partial charge in [0.15, 0.2) is 0 Å². The topological polar surface area (TPSA) is 37.6 Å². The first-order valence-corrected chi connectivity index (χ1v) is 6.10. The number of hydrogen-bond acceptors (Lipinski definition) is 3. The molecule has 0 spiro atoms. The molecule has 0 atom stereocenters. The fourth-order valence-corrected chi connectivity index (χ4v) is 1.67. The minimum absolute atomic E-state index is 0. The third-order valence-corrected chi connectivity index (χ3v) is 2.50. The zero-order valence-corrected chi connectivity index (χ0v) is 16.7. The molecule has 0 bridgehead atoms. The molecule has 0 saturated heterocycles. The van der Waals surface area contributed by atoms with Crippen molar-refractivity contribution in [3.8, 4) is 0 Å². The Balaban J connectivity index is -0.000000361. The Morgan fingerprint density at radius 2 is 1.24 bits per heavy atom. The zero-order chi connectivity index (χ0) is 12.8. The summed E-state index contributed by atoms with van der Waals surface area (Å²) in [4.78, 5) is 13.4. The van der Waals surface area contributed by atoms with Crippen molar-refractivity contribution in [3.63, 3.8) is 0 Å². The predicted octanol–water partition coefficient (Wildman–Crippen LogP) is -5.94. The number of aromatic nitrogens is 1. The van der Waals surface area contributed by atoms with E-state index in [2.05, 4.69) is 34.0 Å². The van der Waals surface area contributed by atoms with E-state index in [-0.39, 0.29) is 55.8 Å².